The van der Waals surface area contributed by atoms with Crippen LogP contribution in [0.15, 0.2) is 17.7 Å². The number of carbonyl (C=O) groups is 1. The fraction of sp³-hybridized carbons (Fsp3) is 0.273. The van der Waals surface area contributed by atoms with Gasteiger partial charge in [0.25, 0.3) is 5.91 Å². The van der Waals surface area contributed by atoms with Crippen LogP contribution >= 0.6 is 22.9 Å². The van der Waals surface area contributed by atoms with Gasteiger partial charge in [-0.1, -0.05) is 11.6 Å². The summed E-state index contributed by atoms with van der Waals surface area (Å²) in [5.41, 5.74) is 0.0900. The van der Waals surface area contributed by atoms with Crippen LogP contribution in [0.5, 0.6) is 0 Å². The molecule has 1 N–H and O–H groups in total. The van der Waals surface area contributed by atoms with E-state index in [0.29, 0.717) is 4.34 Å². The van der Waals surface area contributed by atoms with Crippen molar-refractivity contribution in [3.05, 3.63) is 26.9 Å². The van der Waals surface area contributed by atoms with Gasteiger partial charge >= 0.3 is 0 Å². The van der Waals surface area contributed by atoms with Crippen LogP contribution in [0.1, 0.15) is 18.7 Å². The Balaban J connectivity index is 2.87. The lowest BCUT2D eigenvalue weighted by Crippen LogP contribution is -2.30. The number of nitriles is 1. The second-order valence-corrected chi connectivity index (χ2v) is 5.19. The van der Waals surface area contributed by atoms with Crippen LogP contribution in [0.2, 0.25) is 4.34 Å². The van der Waals surface area contributed by atoms with Gasteiger partial charge in [0, 0.05) is 10.9 Å². The van der Waals surface area contributed by atoms with Crippen molar-refractivity contribution < 1.29 is 4.79 Å². The predicted octanol–water partition coefficient (Wildman–Crippen LogP) is 2.83. The van der Waals surface area contributed by atoms with Crippen molar-refractivity contribution >= 4 is 34.9 Å². The van der Waals surface area contributed by atoms with Crippen molar-refractivity contribution in [3.8, 4) is 6.07 Å². The van der Waals surface area contributed by atoms with E-state index < -0.39 is 0 Å². The van der Waals surface area contributed by atoms with Crippen LogP contribution < -0.4 is 5.32 Å². The van der Waals surface area contributed by atoms with Crippen molar-refractivity contribution in [2.24, 2.45) is 0 Å². The number of carbonyl (C=O) groups excluding carboxylic acids is 1. The van der Waals surface area contributed by atoms with E-state index in [9.17, 15) is 4.79 Å². The Labute approximate surface area is 103 Å². The van der Waals surface area contributed by atoms with Crippen LogP contribution in [0.25, 0.3) is 6.08 Å². The average molecular weight is 255 g/mol. The third-order valence-corrected chi connectivity index (χ3v) is 2.84. The number of thiophene rings is 1. The molecule has 0 unspecified atom stereocenters. The van der Waals surface area contributed by atoms with E-state index >= 15 is 0 Å². The molecular weight excluding hydrogens is 244 g/mol. The molecule has 16 heavy (non-hydrogen) atoms. The smallest absolute Gasteiger partial charge is 0.262 e. The number of halogens is 1. The van der Waals surface area contributed by atoms with E-state index in [2.05, 4.69) is 5.32 Å². The fourth-order valence-electron chi connectivity index (χ4n) is 1.04. The molecule has 1 rings (SSSR count). The van der Waals surface area contributed by atoms with Gasteiger partial charge in [0.2, 0.25) is 0 Å². The minimum atomic E-state index is -0.359. The van der Waals surface area contributed by atoms with Gasteiger partial charge < -0.3 is 5.32 Å². The predicted molar refractivity (Wildman–Crippen MR) is 66.2 cm³/mol. The van der Waals surface area contributed by atoms with Crippen LogP contribution in [-0.4, -0.2) is 11.9 Å². The summed E-state index contributed by atoms with van der Waals surface area (Å²) in [6.07, 6.45) is 1.54. The molecule has 0 aromatic carbocycles. The van der Waals surface area contributed by atoms with Crippen molar-refractivity contribution in [2.75, 3.05) is 0 Å². The van der Waals surface area contributed by atoms with Crippen LogP contribution in [-0.2, 0) is 4.79 Å². The topological polar surface area (TPSA) is 52.9 Å². The molecule has 0 aliphatic rings. The molecule has 0 spiro atoms. The van der Waals surface area contributed by atoms with Crippen molar-refractivity contribution in [1.29, 1.82) is 5.26 Å². The lowest BCUT2D eigenvalue weighted by atomic mass is 10.2. The van der Waals surface area contributed by atoms with E-state index in [4.69, 9.17) is 16.9 Å². The maximum absolute atomic E-state index is 11.6. The summed E-state index contributed by atoms with van der Waals surface area (Å²) in [6, 6.07) is 5.39. The van der Waals surface area contributed by atoms with E-state index in [1.807, 2.05) is 19.9 Å². The zero-order valence-electron chi connectivity index (χ0n) is 8.95. The highest BCUT2D eigenvalue weighted by Gasteiger charge is 2.10. The normalized spacial score (nSPS) is 11.3. The number of amides is 1. The van der Waals surface area contributed by atoms with E-state index in [1.54, 1.807) is 12.1 Å². The molecule has 0 saturated heterocycles. The lowest BCUT2D eigenvalue weighted by molar-refractivity contribution is -0.117. The minimum absolute atomic E-state index is 0.0103. The molecule has 1 aromatic heterocycles. The first-order chi connectivity index (χ1) is 7.52. The van der Waals surface area contributed by atoms with Gasteiger partial charge in [0.1, 0.15) is 11.6 Å². The van der Waals surface area contributed by atoms with Gasteiger partial charge in [0.15, 0.2) is 0 Å². The molecule has 0 aliphatic heterocycles. The van der Waals surface area contributed by atoms with E-state index in [0.717, 1.165) is 4.88 Å². The van der Waals surface area contributed by atoms with Crippen LogP contribution in [0.4, 0.5) is 0 Å². The molecule has 0 saturated carbocycles. The van der Waals surface area contributed by atoms with Gasteiger partial charge in [-0.15, -0.1) is 11.3 Å². The van der Waals surface area contributed by atoms with Gasteiger partial charge in [-0.2, -0.15) is 5.26 Å². The molecular formula is C11H11ClN2OS. The second kappa shape index (κ2) is 5.69. The van der Waals surface area contributed by atoms with E-state index in [-0.39, 0.29) is 17.5 Å². The summed E-state index contributed by atoms with van der Waals surface area (Å²) in [7, 11) is 0. The van der Waals surface area contributed by atoms with E-state index in [1.165, 1.54) is 17.4 Å². The van der Waals surface area contributed by atoms with Crippen LogP contribution in [0, 0.1) is 11.3 Å². The third-order valence-electron chi connectivity index (χ3n) is 1.67. The fourth-order valence-corrected chi connectivity index (χ4v) is 2.04. The second-order valence-electron chi connectivity index (χ2n) is 3.44. The standard InChI is InChI=1S/C11H11ClN2OS/c1-7(2)14-11(15)8(6-13)5-9-3-4-10(12)16-9/h3-5,7H,1-2H3,(H,14,15). The molecule has 0 aliphatic carbocycles. The largest absolute Gasteiger partial charge is 0.349 e. The maximum Gasteiger partial charge on any atom is 0.262 e. The van der Waals surface area contributed by atoms with Gasteiger partial charge in [-0.3, -0.25) is 4.79 Å². The van der Waals surface area contributed by atoms with Crippen molar-refractivity contribution in [2.45, 2.75) is 19.9 Å². The van der Waals surface area contributed by atoms with Crippen molar-refractivity contribution in [1.82, 2.24) is 5.32 Å². The van der Waals surface area contributed by atoms with Gasteiger partial charge in [-0.25, -0.2) is 0 Å². The number of hydrogen-bond donors (Lipinski definition) is 1. The molecule has 0 radical (unpaired) electrons. The SMILES string of the molecule is CC(C)NC(=O)C(C#N)=Cc1ccc(Cl)s1. The zero-order valence-corrected chi connectivity index (χ0v) is 10.5. The summed E-state index contributed by atoms with van der Waals surface area (Å²) < 4.78 is 0.632. The lowest BCUT2D eigenvalue weighted by Gasteiger charge is -2.06. The van der Waals surface area contributed by atoms with Crippen molar-refractivity contribution in [3.63, 3.8) is 0 Å². The Morgan fingerprint density at radius 1 is 1.62 bits per heavy atom. The molecule has 0 fully saturated rings. The highest BCUT2D eigenvalue weighted by Crippen LogP contribution is 2.23. The molecule has 3 nitrogen and oxygen atoms in total. The number of nitrogens with one attached hydrogen (secondary N) is 1. The summed E-state index contributed by atoms with van der Waals surface area (Å²) in [5.74, 6) is -0.359. The molecule has 1 aromatic rings. The highest BCUT2D eigenvalue weighted by molar-refractivity contribution is 7.17. The first kappa shape index (κ1) is 12.8. The molecule has 1 amide bonds. The summed E-state index contributed by atoms with van der Waals surface area (Å²) >= 11 is 7.08. The number of rotatable bonds is 3. The van der Waals surface area contributed by atoms with Crippen LogP contribution in [0.3, 0.4) is 0 Å². The quantitative estimate of drug-likeness (QED) is 0.666. The maximum atomic E-state index is 11.6. The Hall–Kier alpha value is -1.31. The summed E-state index contributed by atoms with van der Waals surface area (Å²) in [6.45, 7) is 3.68. The van der Waals surface area contributed by atoms with Gasteiger partial charge in [0.05, 0.1) is 4.34 Å². The van der Waals surface area contributed by atoms with Gasteiger partial charge in [-0.05, 0) is 32.1 Å². The summed E-state index contributed by atoms with van der Waals surface area (Å²) in [5, 5.41) is 11.5. The molecule has 5 heteroatoms. The Morgan fingerprint density at radius 2 is 2.31 bits per heavy atom. The minimum Gasteiger partial charge on any atom is -0.349 e. The summed E-state index contributed by atoms with van der Waals surface area (Å²) in [4.78, 5) is 12.4. The average Bonchev–Trinajstić information content (AvgIpc) is 2.59. The molecule has 1 heterocycles. The Bertz CT molecular complexity index is 457. The number of hydrogen-bond acceptors (Lipinski definition) is 3. The Morgan fingerprint density at radius 3 is 2.75 bits per heavy atom. The Kier molecular flexibility index (Phi) is 4.53. The number of nitrogens with zero attached hydrogens (tertiary/aromatic N) is 1. The zero-order chi connectivity index (χ0) is 12.1. The molecule has 0 bridgehead atoms. The first-order valence-electron chi connectivity index (χ1n) is 4.71. The highest BCUT2D eigenvalue weighted by atomic mass is 35.5. The monoisotopic (exact) mass is 254 g/mol. The molecule has 84 valence electrons. The third kappa shape index (κ3) is 3.69. The first-order valence-corrected chi connectivity index (χ1v) is 5.90. The molecule has 0 atom stereocenters.